The van der Waals surface area contributed by atoms with Gasteiger partial charge in [0, 0.05) is 5.56 Å². The Balaban J connectivity index is 1.58. The number of halogens is 2. The molecule has 5 rings (SSSR count). The maximum atomic E-state index is 15.2. The van der Waals surface area contributed by atoms with Crippen LogP contribution in [0.15, 0.2) is 12.3 Å². The van der Waals surface area contributed by atoms with E-state index < -0.39 is 17.5 Å². The Kier molecular flexibility index (Phi) is 5.79. The summed E-state index contributed by atoms with van der Waals surface area (Å²) in [6, 6.07) is 1.14. The summed E-state index contributed by atoms with van der Waals surface area (Å²) in [5.41, 5.74) is 1.10. The fraction of sp³-hybridized carbons (Fsp3) is 0.542. The van der Waals surface area contributed by atoms with Crippen LogP contribution in [0, 0.1) is 5.82 Å². The summed E-state index contributed by atoms with van der Waals surface area (Å²) < 4.78 is 21.0. The molecular formula is C24H29ClFN5O3. The molecule has 0 radical (unpaired) electrons. The first kappa shape index (κ1) is 23.4. The van der Waals surface area contributed by atoms with E-state index in [1.165, 1.54) is 12.3 Å². The van der Waals surface area contributed by atoms with Gasteiger partial charge in [-0.05, 0) is 50.7 Å². The normalized spacial score (nSPS) is 24.9. The number of H-pyrrole nitrogens is 1. The third kappa shape index (κ3) is 4.04. The van der Waals surface area contributed by atoms with Crippen LogP contribution < -0.4 is 5.32 Å². The first-order valence-electron chi connectivity index (χ1n) is 11.6. The van der Waals surface area contributed by atoms with Crippen molar-refractivity contribution in [2.75, 3.05) is 5.32 Å². The number of aliphatic hydroxyl groups excluding tert-OH is 1. The van der Waals surface area contributed by atoms with Gasteiger partial charge in [-0.1, -0.05) is 25.4 Å². The van der Waals surface area contributed by atoms with Crippen LogP contribution in [0.4, 0.5) is 10.3 Å². The number of hydrogen-bond donors (Lipinski definition) is 4. The molecule has 0 aliphatic carbocycles. The molecular weight excluding hydrogens is 461 g/mol. The van der Waals surface area contributed by atoms with Gasteiger partial charge in [-0.2, -0.15) is 0 Å². The van der Waals surface area contributed by atoms with E-state index in [0.29, 0.717) is 29.1 Å². The van der Waals surface area contributed by atoms with Crippen molar-refractivity contribution >= 4 is 28.6 Å². The van der Waals surface area contributed by atoms with Crippen molar-refractivity contribution in [1.82, 2.24) is 19.9 Å². The highest BCUT2D eigenvalue weighted by Crippen LogP contribution is 2.39. The van der Waals surface area contributed by atoms with Crippen LogP contribution in [0.1, 0.15) is 64.3 Å². The molecule has 2 fully saturated rings. The lowest BCUT2D eigenvalue weighted by molar-refractivity contribution is -0.0811. The molecule has 4 N–H and O–H groups in total. The molecule has 1 aromatic carbocycles. The summed E-state index contributed by atoms with van der Waals surface area (Å²) in [5, 5.41) is 24.6. The number of aromatic nitrogens is 4. The van der Waals surface area contributed by atoms with Gasteiger partial charge in [-0.25, -0.2) is 19.3 Å². The molecule has 2 aliphatic rings. The molecule has 2 aromatic heterocycles. The first-order chi connectivity index (χ1) is 16.0. The van der Waals surface area contributed by atoms with Crippen molar-refractivity contribution in [3.63, 3.8) is 0 Å². The summed E-state index contributed by atoms with van der Waals surface area (Å²) in [6.45, 7) is 7.16. The van der Waals surface area contributed by atoms with Gasteiger partial charge in [0.15, 0.2) is 5.82 Å². The van der Waals surface area contributed by atoms with Crippen LogP contribution in [-0.2, 0) is 10.3 Å². The molecule has 3 aromatic rings. The highest BCUT2D eigenvalue weighted by Gasteiger charge is 2.42. The fourth-order valence-corrected chi connectivity index (χ4v) is 5.20. The van der Waals surface area contributed by atoms with E-state index in [9.17, 15) is 10.2 Å². The maximum absolute atomic E-state index is 15.2. The topological polar surface area (TPSA) is 116 Å². The van der Waals surface area contributed by atoms with E-state index in [1.54, 1.807) is 13.8 Å². The minimum absolute atomic E-state index is 0.0245. The number of aromatic amines is 1. The van der Waals surface area contributed by atoms with E-state index in [1.807, 2.05) is 13.8 Å². The van der Waals surface area contributed by atoms with Crippen LogP contribution in [-0.4, -0.2) is 54.5 Å². The van der Waals surface area contributed by atoms with Gasteiger partial charge >= 0.3 is 0 Å². The molecule has 2 bridgehead atoms. The zero-order valence-corrected chi connectivity index (χ0v) is 20.3. The Morgan fingerprint density at radius 2 is 2.06 bits per heavy atom. The zero-order valence-electron chi connectivity index (χ0n) is 19.6. The first-order valence-corrected chi connectivity index (χ1v) is 12.0. The van der Waals surface area contributed by atoms with Crippen LogP contribution in [0.3, 0.4) is 0 Å². The molecule has 34 heavy (non-hydrogen) atoms. The predicted molar refractivity (Wildman–Crippen MR) is 127 cm³/mol. The van der Waals surface area contributed by atoms with Crippen molar-refractivity contribution < 1.29 is 19.3 Å². The Bertz CT molecular complexity index is 1240. The minimum atomic E-state index is -1.26. The van der Waals surface area contributed by atoms with Crippen molar-refractivity contribution in [3.05, 3.63) is 34.5 Å². The number of anilines is 1. The van der Waals surface area contributed by atoms with Gasteiger partial charge in [0.05, 0.1) is 40.7 Å². The quantitative estimate of drug-likeness (QED) is 0.423. The second-order valence-corrected chi connectivity index (χ2v) is 10.5. The van der Waals surface area contributed by atoms with Crippen molar-refractivity contribution in [3.8, 4) is 11.3 Å². The number of nitrogens with one attached hydrogen (secondary N) is 2. The summed E-state index contributed by atoms with van der Waals surface area (Å²) in [5.74, 6) is 0.0202. The SMILES string of the molecule is CC(C)c1c(-c2nc(N[C@@H]3C[C@H]4CC[C@H](O4)[C@H]3O)ncc2Cl)cc(F)c2nc(C(C)(C)O)[nH]c12. The van der Waals surface area contributed by atoms with Crippen LogP contribution in [0.5, 0.6) is 0 Å². The largest absolute Gasteiger partial charge is 0.388 e. The van der Waals surface area contributed by atoms with Crippen molar-refractivity contribution in [2.24, 2.45) is 0 Å². The zero-order chi connectivity index (χ0) is 24.4. The molecule has 0 amide bonds. The van der Waals surface area contributed by atoms with E-state index in [-0.39, 0.29) is 40.5 Å². The monoisotopic (exact) mass is 489 g/mol. The van der Waals surface area contributed by atoms with E-state index in [2.05, 4.69) is 25.3 Å². The molecule has 4 atom stereocenters. The summed E-state index contributed by atoms with van der Waals surface area (Å²) in [6.07, 6.45) is 3.18. The van der Waals surface area contributed by atoms with Gasteiger partial charge in [0.1, 0.15) is 23.0 Å². The summed E-state index contributed by atoms with van der Waals surface area (Å²) in [7, 11) is 0. The predicted octanol–water partition coefficient (Wildman–Crippen LogP) is 4.26. The van der Waals surface area contributed by atoms with E-state index in [0.717, 1.165) is 18.4 Å². The number of fused-ring (bicyclic) bond motifs is 3. The Hall–Kier alpha value is -2.33. The molecule has 0 unspecified atom stereocenters. The Labute approximate surface area is 201 Å². The van der Waals surface area contributed by atoms with Gasteiger partial charge in [0.2, 0.25) is 5.95 Å². The third-order valence-corrected chi connectivity index (χ3v) is 6.96. The summed E-state index contributed by atoms with van der Waals surface area (Å²) >= 11 is 6.51. The molecule has 8 nitrogen and oxygen atoms in total. The molecule has 0 saturated carbocycles. The van der Waals surface area contributed by atoms with Gasteiger partial charge in [0.25, 0.3) is 0 Å². The standard InChI is InChI=1S/C24H29ClFN5O3/c1-10(2)17-12(8-14(26)19-20(17)30-22(29-19)24(3,4)33)18-13(25)9-27-23(31-18)28-15-7-11-5-6-16(34-11)21(15)32/h8-11,15-16,21,32-33H,5-7H2,1-4H3,(H,29,30)(H,27,28,31)/t11-,15-,16+,21+/m1/s1. The van der Waals surface area contributed by atoms with E-state index >= 15 is 4.39 Å². The third-order valence-electron chi connectivity index (χ3n) is 6.68. The molecule has 182 valence electrons. The van der Waals surface area contributed by atoms with Crippen LogP contribution in [0.2, 0.25) is 5.02 Å². The van der Waals surface area contributed by atoms with Crippen molar-refractivity contribution in [2.45, 2.75) is 82.8 Å². The highest BCUT2D eigenvalue weighted by molar-refractivity contribution is 6.33. The Morgan fingerprint density at radius 3 is 2.76 bits per heavy atom. The second kappa shape index (κ2) is 8.41. The molecule has 2 saturated heterocycles. The fourth-order valence-electron chi connectivity index (χ4n) is 5.01. The number of ether oxygens (including phenoxy) is 1. The summed E-state index contributed by atoms with van der Waals surface area (Å²) in [4.78, 5) is 16.4. The molecule has 10 heteroatoms. The van der Waals surface area contributed by atoms with Gasteiger partial charge in [-0.3, -0.25) is 0 Å². The number of aliphatic hydroxyl groups is 2. The molecule has 2 aliphatic heterocycles. The number of nitrogens with zero attached hydrogens (tertiary/aromatic N) is 3. The van der Waals surface area contributed by atoms with Gasteiger partial charge < -0.3 is 25.3 Å². The van der Waals surface area contributed by atoms with Crippen LogP contribution >= 0.6 is 11.6 Å². The number of hydrogen-bond acceptors (Lipinski definition) is 7. The molecule has 4 heterocycles. The van der Waals surface area contributed by atoms with Crippen LogP contribution in [0.25, 0.3) is 22.3 Å². The lowest BCUT2D eigenvalue weighted by Crippen LogP contribution is -2.47. The van der Waals surface area contributed by atoms with E-state index in [4.69, 9.17) is 16.3 Å². The minimum Gasteiger partial charge on any atom is -0.388 e. The van der Waals surface area contributed by atoms with Gasteiger partial charge in [-0.15, -0.1) is 0 Å². The number of imidazole rings is 1. The second-order valence-electron chi connectivity index (χ2n) is 10.1. The smallest absolute Gasteiger partial charge is 0.223 e. The highest BCUT2D eigenvalue weighted by atomic mass is 35.5. The average molecular weight is 490 g/mol. The average Bonchev–Trinajstić information content (AvgIpc) is 3.38. The lowest BCUT2D eigenvalue weighted by atomic mass is 9.93. The molecule has 0 spiro atoms. The Morgan fingerprint density at radius 1 is 1.29 bits per heavy atom. The maximum Gasteiger partial charge on any atom is 0.223 e. The number of benzene rings is 1. The van der Waals surface area contributed by atoms with Crippen molar-refractivity contribution in [1.29, 1.82) is 0 Å². The number of rotatable bonds is 5. The lowest BCUT2D eigenvalue weighted by Gasteiger charge is -2.34.